The number of benzene rings is 1. The summed E-state index contributed by atoms with van der Waals surface area (Å²) in [5.74, 6) is -2.60. The Morgan fingerprint density at radius 2 is 1.69 bits per heavy atom. The minimum Gasteiger partial charge on any atom is -0.475 e. The summed E-state index contributed by atoms with van der Waals surface area (Å²) in [7, 11) is 1.79. The number of alkyl halides is 3. The first kappa shape index (κ1) is 21.7. The number of amides is 1. The molecule has 1 amide bonds. The number of anilines is 1. The van der Waals surface area contributed by atoms with Crippen molar-refractivity contribution >= 4 is 17.6 Å². The second-order valence-corrected chi connectivity index (χ2v) is 5.95. The molecule has 0 unspecified atom stereocenters. The monoisotopic (exact) mass is 409 g/mol. The Labute approximate surface area is 163 Å². The third-order valence-corrected chi connectivity index (χ3v) is 3.92. The maximum Gasteiger partial charge on any atom is 0.490 e. The lowest BCUT2D eigenvalue weighted by atomic mass is 10.2. The third kappa shape index (κ3) is 5.43. The molecule has 0 atom stereocenters. The molecule has 2 N–H and O–H groups in total. The van der Waals surface area contributed by atoms with Gasteiger partial charge in [-0.05, 0) is 38.1 Å². The predicted molar refractivity (Wildman–Crippen MR) is 97.9 cm³/mol. The van der Waals surface area contributed by atoms with Crippen LogP contribution in [0.15, 0.2) is 43.0 Å². The molecule has 0 radical (unpaired) electrons. The van der Waals surface area contributed by atoms with Gasteiger partial charge in [-0.2, -0.15) is 13.2 Å². The first-order chi connectivity index (χ1) is 13.5. The van der Waals surface area contributed by atoms with E-state index in [1.54, 1.807) is 30.3 Å². The lowest BCUT2D eigenvalue weighted by molar-refractivity contribution is -0.192. The molecule has 1 aromatic carbocycles. The number of aryl methyl sites for hydroxylation is 2. The Kier molecular flexibility index (Phi) is 6.42. The third-order valence-electron chi connectivity index (χ3n) is 3.92. The van der Waals surface area contributed by atoms with Gasteiger partial charge in [0.2, 0.25) is 0 Å². The second kappa shape index (κ2) is 8.59. The normalized spacial score (nSPS) is 10.8. The van der Waals surface area contributed by atoms with Gasteiger partial charge in [-0.25, -0.2) is 14.8 Å². The van der Waals surface area contributed by atoms with Crippen LogP contribution in [0.4, 0.5) is 18.9 Å². The van der Waals surface area contributed by atoms with E-state index in [-0.39, 0.29) is 5.91 Å². The van der Waals surface area contributed by atoms with Crippen LogP contribution in [0, 0.1) is 13.8 Å². The molecule has 0 saturated carbocycles. The average molecular weight is 409 g/mol. The Bertz CT molecular complexity index is 1010. The summed E-state index contributed by atoms with van der Waals surface area (Å²) in [6.07, 6.45) is 0.0521. The zero-order valence-corrected chi connectivity index (χ0v) is 15.7. The van der Waals surface area contributed by atoms with Gasteiger partial charge in [0.25, 0.3) is 5.91 Å². The highest BCUT2D eigenvalue weighted by atomic mass is 19.4. The number of aliphatic carboxylic acids is 1. The van der Waals surface area contributed by atoms with Crippen molar-refractivity contribution in [3.05, 3.63) is 60.2 Å². The van der Waals surface area contributed by atoms with Crippen molar-refractivity contribution in [3.8, 4) is 5.69 Å². The van der Waals surface area contributed by atoms with E-state index in [0.717, 1.165) is 22.8 Å². The number of carbonyl (C=O) groups excluding carboxylic acids is 1. The molecule has 154 valence electrons. The van der Waals surface area contributed by atoms with Gasteiger partial charge in [0.05, 0.1) is 12.0 Å². The number of nitrogens with one attached hydrogen (secondary N) is 1. The lowest BCUT2D eigenvalue weighted by Gasteiger charge is -2.08. The van der Waals surface area contributed by atoms with Crippen LogP contribution in [0.25, 0.3) is 5.69 Å². The second-order valence-electron chi connectivity index (χ2n) is 5.95. The fraction of sp³-hybridized carbons (Fsp3) is 0.222. The van der Waals surface area contributed by atoms with Crippen LogP contribution >= 0.6 is 0 Å². The number of hydrogen-bond acceptors (Lipinski definition) is 4. The quantitative estimate of drug-likeness (QED) is 0.692. The van der Waals surface area contributed by atoms with Crippen LogP contribution in [0.2, 0.25) is 0 Å². The topological polar surface area (TPSA) is 102 Å². The molecule has 2 aromatic heterocycles. The Morgan fingerprint density at radius 3 is 2.10 bits per heavy atom. The maximum absolute atomic E-state index is 12.1. The minimum atomic E-state index is -5.08. The molecule has 8 nitrogen and oxygen atoms in total. The van der Waals surface area contributed by atoms with E-state index >= 15 is 0 Å². The van der Waals surface area contributed by atoms with Crippen LogP contribution in [-0.2, 0) is 11.8 Å². The molecule has 0 aliphatic rings. The molecule has 0 spiro atoms. The molecule has 0 aliphatic heterocycles. The molecule has 11 heteroatoms. The summed E-state index contributed by atoms with van der Waals surface area (Å²) < 4.78 is 35.4. The molecule has 0 bridgehead atoms. The van der Waals surface area contributed by atoms with Crippen molar-refractivity contribution in [2.45, 2.75) is 20.0 Å². The number of hydrogen-bond donors (Lipinski definition) is 2. The summed E-state index contributed by atoms with van der Waals surface area (Å²) in [6.45, 7) is 4.01. The van der Waals surface area contributed by atoms with Crippen molar-refractivity contribution in [3.63, 3.8) is 0 Å². The van der Waals surface area contributed by atoms with Crippen molar-refractivity contribution in [1.29, 1.82) is 0 Å². The van der Waals surface area contributed by atoms with Gasteiger partial charge in [-0.1, -0.05) is 0 Å². The summed E-state index contributed by atoms with van der Waals surface area (Å²) >= 11 is 0. The molecule has 0 fully saturated rings. The summed E-state index contributed by atoms with van der Waals surface area (Å²) in [5, 5.41) is 9.96. The minimum absolute atomic E-state index is 0.227. The van der Waals surface area contributed by atoms with Crippen LogP contribution in [0.3, 0.4) is 0 Å². The van der Waals surface area contributed by atoms with Crippen LogP contribution in [-0.4, -0.2) is 42.3 Å². The summed E-state index contributed by atoms with van der Waals surface area (Å²) in [6, 6.07) is 7.63. The number of halogens is 3. The van der Waals surface area contributed by atoms with Crippen LogP contribution in [0.1, 0.15) is 22.0 Å². The van der Waals surface area contributed by atoms with Crippen molar-refractivity contribution < 1.29 is 27.9 Å². The molecule has 0 aliphatic carbocycles. The smallest absolute Gasteiger partial charge is 0.475 e. The van der Waals surface area contributed by atoms with E-state index in [2.05, 4.69) is 15.3 Å². The van der Waals surface area contributed by atoms with E-state index in [4.69, 9.17) is 9.90 Å². The highest BCUT2D eigenvalue weighted by Gasteiger charge is 2.38. The first-order valence-corrected chi connectivity index (χ1v) is 8.20. The van der Waals surface area contributed by atoms with Gasteiger partial charge in [0.15, 0.2) is 5.82 Å². The van der Waals surface area contributed by atoms with Gasteiger partial charge in [-0.3, -0.25) is 4.79 Å². The van der Waals surface area contributed by atoms with E-state index in [0.29, 0.717) is 5.82 Å². The van der Waals surface area contributed by atoms with Gasteiger partial charge < -0.3 is 19.6 Å². The standard InChI is InChI=1S/C16H17N5O.C2HF3O2/c1-11-12(2)21(10-18-11)14-6-4-13(5-7-14)19-16(22)15-17-8-9-20(15)3;3-2(4,5)1(6)7/h4-10H,1-3H3,(H,19,22);(H,6,7). The van der Waals surface area contributed by atoms with E-state index in [1.807, 2.05) is 42.7 Å². The summed E-state index contributed by atoms with van der Waals surface area (Å²) in [5.41, 5.74) is 3.84. The van der Waals surface area contributed by atoms with E-state index in [9.17, 15) is 18.0 Å². The van der Waals surface area contributed by atoms with Gasteiger partial charge in [0, 0.05) is 36.5 Å². The van der Waals surface area contributed by atoms with Crippen molar-refractivity contribution in [2.75, 3.05) is 5.32 Å². The largest absolute Gasteiger partial charge is 0.490 e. The molecule has 3 aromatic rings. The van der Waals surface area contributed by atoms with Crippen molar-refractivity contribution in [1.82, 2.24) is 19.1 Å². The first-order valence-electron chi connectivity index (χ1n) is 8.20. The molecule has 29 heavy (non-hydrogen) atoms. The number of carboxylic acid groups (broad SMARTS) is 1. The maximum atomic E-state index is 12.1. The highest BCUT2D eigenvalue weighted by molar-refractivity contribution is 6.01. The Balaban J connectivity index is 0.000000370. The average Bonchev–Trinajstić information content (AvgIpc) is 3.22. The van der Waals surface area contributed by atoms with Gasteiger partial charge in [-0.15, -0.1) is 0 Å². The lowest BCUT2D eigenvalue weighted by Crippen LogP contribution is -2.21. The highest BCUT2D eigenvalue weighted by Crippen LogP contribution is 2.17. The Hall–Kier alpha value is -3.63. The van der Waals surface area contributed by atoms with Crippen LogP contribution < -0.4 is 5.32 Å². The van der Waals surface area contributed by atoms with Gasteiger partial charge >= 0.3 is 12.1 Å². The zero-order chi connectivity index (χ0) is 21.8. The molecular weight excluding hydrogens is 391 g/mol. The number of imidazole rings is 2. The number of rotatable bonds is 3. The fourth-order valence-electron chi connectivity index (χ4n) is 2.24. The SMILES string of the molecule is Cc1ncn(-c2ccc(NC(=O)c3nccn3C)cc2)c1C.O=C(O)C(F)(F)F. The van der Waals surface area contributed by atoms with Crippen LogP contribution in [0.5, 0.6) is 0 Å². The number of aromatic nitrogens is 4. The number of carboxylic acids is 1. The van der Waals surface area contributed by atoms with Gasteiger partial charge in [0.1, 0.15) is 0 Å². The van der Waals surface area contributed by atoms with Crippen molar-refractivity contribution in [2.24, 2.45) is 7.05 Å². The fourth-order valence-corrected chi connectivity index (χ4v) is 2.24. The molecule has 2 heterocycles. The van der Waals surface area contributed by atoms with E-state index in [1.165, 1.54) is 0 Å². The molecule has 3 rings (SSSR count). The predicted octanol–water partition coefficient (Wildman–Crippen LogP) is 3.11. The summed E-state index contributed by atoms with van der Waals surface area (Å²) in [4.78, 5) is 29.3. The molecule has 0 saturated heterocycles. The Morgan fingerprint density at radius 1 is 1.10 bits per heavy atom. The molecular formula is C18H18F3N5O3. The van der Waals surface area contributed by atoms with E-state index < -0.39 is 12.1 Å². The zero-order valence-electron chi connectivity index (χ0n) is 15.7. The number of nitrogens with zero attached hydrogens (tertiary/aromatic N) is 4. The number of carbonyl (C=O) groups is 2.